The van der Waals surface area contributed by atoms with Crippen LogP contribution in [0.1, 0.15) is 45.7 Å². The van der Waals surface area contributed by atoms with Gasteiger partial charge in [-0.05, 0) is 28.7 Å². The average molecular weight is 323 g/mol. The highest BCUT2D eigenvalue weighted by molar-refractivity contribution is 5.87. The van der Waals surface area contributed by atoms with E-state index in [1.165, 1.54) is 0 Å². The molecule has 1 aromatic carbocycles. The lowest BCUT2D eigenvalue weighted by molar-refractivity contribution is 1.21. The van der Waals surface area contributed by atoms with Crippen molar-refractivity contribution in [3.63, 3.8) is 0 Å². The van der Waals surface area contributed by atoms with Crippen molar-refractivity contribution in [2.75, 3.05) is 0 Å². The number of benzene rings is 1. The van der Waals surface area contributed by atoms with E-state index in [2.05, 4.69) is 58.2 Å². The minimum atomic E-state index is 0. The van der Waals surface area contributed by atoms with Gasteiger partial charge in [-0.1, -0.05) is 97.0 Å². The van der Waals surface area contributed by atoms with Crippen LogP contribution in [0.2, 0.25) is 0 Å². The van der Waals surface area contributed by atoms with E-state index in [1.54, 1.807) is 6.08 Å². The number of hydrogen-bond acceptors (Lipinski definition) is 0. The summed E-state index contributed by atoms with van der Waals surface area (Å²) in [5, 5.41) is 0. The predicted molar refractivity (Wildman–Crippen MR) is 116 cm³/mol. The molecule has 0 aliphatic carbocycles. The zero-order valence-electron chi connectivity index (χ0n) is 15.0. The van der Waals surface area contributed by atoms with E-state index in [0.29, 0.717) is 0 Å². The van der Waals surface area contributed by atoms with Crippen LogP contribution < -0.4 is 0 Å². The Bertz CT molecular complexity index is 590. The zero-order valence-corrected chi connectivity index (χ0v) is 15.0. The molecule has 1 aromatic rings. The van der Waals surface area contributed by atoms with Crippen molar-refractivity contribution >= 4 is 11.6 Å². The molecule has 0 bridgehead atoms. The van der Waals surface area contributed by atoms with Crippen LogP contribution in [0.4, 0.5) is 0 Å². The predicted octanol–water partition coefficient (Wildman–Crippen LogP) is 8.04. The molecule has 0 atom stereocenters. The van der Waals surface area contributed by atoms with E-state index >= 15 is 0 Å². The summed E-state index contributed by atoms with van der Waals surface area (Å²) in [5.74, 6) is 0. The molecule has 0 aliphatic rings. The van der Waals surface area contributed by atoms with Gasteiger partial charge in [-0.15, -0.1) is 18.9 Å². The van der Waals surface area contributed by atoms with E-state index in [1.807, 2.05) is 44.2 Å². The molecule has 24 heavy (non-hydrogen) atoms. The largest absolute Gasteiger partial charge is 0.119 e. The van der Waals surface area contributed by atoms with Crippen LogP contribution in [0.25, 0.3) is 11.6 Å². The Morgan fingerprint density at radius 2 is 1.67 bits per heavy atom. The third-order valence-corrected chi connectivity index (χ3v) is 2.90. The summed E-state index contributed by atoms with van der Waals surface area (Å²) in [6, 6.07) is 8.07. The van der Waals surface area contributed by atoms with Gasteiger partial charge in [-0.3, -0.25) is 0 Å². The number of allylic oxidation sites excluding steroid dienone is 5. The second-order valence-corrected chi connectivity index (χ2v) is 4.10. The molecule has 0 aromatic heterocycles. The summed E-state index contributed by atoms with van der Waals surface area (Å²) in [7, 11) is 0. The SMILES string of the molecule is C.C=C.C=C=C(/C(=C/CC)C(=C)C=C)c1ccccc1C=C.CC. The Morgan fingerprint density at radius 3 is 2.08 bits per heavy atom. The molecule has 0 radical (unpaired) electrons. The molecule has 0 spiro atoms. The van der Waals surface area contributed by atoms with Crippen molar-refractivity contribution in [2.45, 2.75) is 34.6 Å². The maximum atomic E-state index is 4.04. The van der Waals surface area contributed by atoms with Gasteiger partial charge in [0.15, 0.2) is 0 Å². The Hall–Kier alpha value is -2.56. The van der Waals surface area contributed by atoms with E-state index in [0.717, 1.165) is 34.3 Å². The number of hydrogen-bond donors (Lipinski definition) is 0. The fraction of sp³-hybridized carbons (Fsp3) is 0.208. The molecule has 0 nitrogen and oxygen atoms in total. The highest BCUT2D eigenvalue weighted by Crippen LogP contribution is 2.30. The van der Waals surface area contributed by atoms with Gasteiger partial charge >= 0.3 is 0 Å². The minimum Gasteiger partial charge on any atom is -0.119 e. The molecule has 0 unspecified atom stereocenters. The molecule has 0 fully saturated rings. The summed E-state index contributed by atoms with van der Waals surface area (Å²) in [4.78, 5) is 0. The van der Waals surface area contributed by atoms with E-state index in [9.17, 15) is 0 Å². The zero-order chi connectivity index (χ0) is 18.3. The lowest BCUT2D eigenvalue weighted by Gasteiger charge is -2.13. The standard InChI is InChI=1S/C19H20.C2H6.C2H4.CH4/c1-6-12-18(15(5)7-2)17(9-4)19-14-11-10-13-16(19)8-3;2*1-2;/h7-8,10-14H,2-6H2,1H3;1-2H3;1-2H2;1H4/b18-12+;;;. The summed E-state index contributed by atoms with van der Waals surface area (Å²) in [6.07, 6.45) is 6.64. The Balaban J connectivity index is -0.000000817. The Morgan fingerprint density at radius 1 is 1.12 bits per heavy atom. The van der Waals surface area contributed by atoms with Crippen LogP contribution in [-0.4, -0.2) is 0 Å². The topological polar surface area (TPSA) is 0 Å². The molecule has 0 saturated heterocycles. The quantitative estimate of drug-likeness (QED) is 0.282. The van der Waals surface area contributed by atoms with Crippen molar-refractivity contribution in [1.29, 1.82) is 0 Å². The molecule has 0 heteroatoms. The summed E-state index contributed by atoms with van der Waals surface area (Å²) < 4.78 is 0. The third kappa shape index (κ3) is 7.63. The molecule has 1 rings (SSSR count). The van der Waals surface area contributed by atoms with Crippen molar-refractivity contribution in [1.82, 2.24) is 0 Å². The van der Waals surface area contributed by atoms with Gasteiger partial charge in [-0.2, -0.15) is 0 Å². The number of rotatable bonds is 6. The maximum absolute atomic E-state index is 4.04. The van der Waals surface area contributed by atoms with Gasteiger partial charge in [0.05, 0.1) is 0 Å². The first-order valence-electron chi connectivity index (χ1n) is 7.83. The summed E-state index contributed by atoms with van der Waals surface area (Å²) >= 11 is 0. The first kappa shape index (κ1) is 26.3. The van der Waals surface area contributed by atoms with Crippen LogP contribution >= 0.6 is 0 Å². The van der Waals surface area contributed by atoms with Gasteiger partial charge < -0.3 is 0 Å². The Labute approximate surface area is 150 Å². The lowest BCUT2D eigenvalue weighted by Crippen LogP contribution is -1.94. The first-order chi connectivity index (χ1) is 11.2. The summed E-state index contributed by atoms with van der Waals surface area (Å²) in [5.41, 5.74) is 8.02. The van der Waals surface area contributed by atoms with Crippen molar-refractivity contribution in [3.05, 3.63) is 104 Å². The molecule has 0 saturated carbocycles. The smallest absolute Gasteiger partial charge is 0.0311 e. The van der Waals surface area contributed by atoms with E-state index < -0.39 is 0 Å². The molecule has 0 amide bonds. The Kier molecular flexibility index (Phi) is 18.4. The van der Waals surface area contributed by atoms with Gasteiger partial charge in [0, 0.05) is 5.57 Å². The maximum Gasteiger partial charge on any atom is 0.0311 e. The highest BCUT2D eigenvalue weighted by atomic mass is 14.1. The summed E-state index contributed by atoms with van der Waals surface area (Å²) in [6.45, 7) is 27.6. The van der Waals surface area contributed by atoms with Crippen LogP contribution in [-0.2, 0) is 0 Å². The third-order valence-electron chi connectivity index (χ3n) is 2.90. The molecule has 0 aliphatic heterocycles. The van der Waals surface area contributed by atoms with Crippen LogP contribution in [0.5, 0.6) is 0 Å². The lowest BCUT2D eigenvalue weighted by atomic mass is 9.90. The molecule has 0 N–H and O–H groups in total. The second kappa shape index (κ2) is 16.8. The highest BCUT2D eigenvalue weighted by Gasteiger charge is 2.11. The molecular formula is C24H34. The van der Waals surface area contributed by atoms with Gasteiger partial charge in [-0.25, -0.2) is 0 Å². The van der Waals surface area contributed by atoms with Crippen molar-refractivity contribution in [2.24, 2.45) is 0 Å². The van der Waals surface area contributed by atoms with Crippen molar-refractivity contribution in [3.8, 4) is 0 Å². The van der Waals surface area contributed by atoms with Crippen molar-refractivity contribution < 1.29 is 0 Å². The van der Waals surface area contributed by atoms with Gasteiger partial charge in [0.2, 0.25) is 0 Å². The van der Waals surface area contributed by atoms with Gasteiger partial charge in [0.25, 0.3) is 0 Å². The van der Waals surface area contributed by atoms with Gasteiger partial charge in [0.1, 0.15) is 0 Å². The molecular weight excluding hydrogens is 288 g/mol. The van der Waals surface area contributed by atoms with Crippen LogP contribution in [0.3, 0.4) is 0 Å². The molecule has 130 valence electrons. The normalized spacial score (nSPS) is 8.71. The average Bonchev–Trinajstić information content (AvgIpc) is 2.64. The minimum absolute atomic E-state index is 0. The fourth-order valence-corrected chi connectivity index (χ4v) is 1.95. The van der Waals surface area contributed by atoms with E-state index in [4.69, 9.17) is 0 Å². The fourth-order valence-electron chi connectivity index (χ4n) is 1.95. The molecule has 0 heterocycles. The van der Waals surface area contributed by atoms with Crippen LogP contribution in [0.15, 0.2) is 92.8 Å². The van der Waals surface area contributed by atoms with E-state index in [-0.39, 0.29) is 7.43 Å². The van der Waals surface area contributed by atoms with Crippen LogP contribution in [0, 0.1) is 0 Å². The first-order valence-corrected chi connectivity index (χ1v) is 7.83. The second-order valence-electron chi connectivity index (χ2n) is 4.10. The monoisotopic (exact) mass is 322 g/mol.